The zero-order chi connectivity index (χ0) is 12.3. The van der Waals surface area contributed by atoms with Gasteiger partial charge in [0.15, 0.2) is 0 Å². The number of aryl methyl sites for hydroxylation is 1. The fourth-order valence-electron chi connectivity index (χ4n) is 1.54. The van der Waals surface area contributed by atoms with Gasteiger partial charge in [0.1, 0.15) is 5.69 Å². The maximum absolute atomic E-state index is 10.8. The first kappa shape index (κ1) is 11.1. The van der Waals surface area contributed by atoms with E-state index in [4.69, 9.17) is 0 Å². The summed E-state index contributed by atoms with van der Waals surface area (Å²) in [6.07, 6.45) is 3.59. The Labute approximate surface area is 98.0 Å². The number of nitro benzene ring substituents is 1. The molecule has 1 aromatic carbocycles. The van der Waals surface area contributed by atoms with Gasteiger partial charge in [-0.15, -0.1) is 0 Å². The summed E-state index contributed by atoms with van der Waals surface area (Å²) in [5.41, 5.74) is 1.57. The summed E-state index contributed by atoms with van der Waals surface area (Å²) in [6, 6.07) is 6.58. The largest absolute Gasteiger partial charge is 0.375 e. The van der Waals surface area contributed by atoms with Crippen molar-refractivity contribution in [2.45, 2.75) is 6.54 Å². The van der Waals surface area contributed by atoms with Crippen molar-refractivity contribution in [3.8, 4) is 0 Å². The van der Waals surface area contributed by atoms with Gasteiger partial charge in [-0.25, -0.2) is 0 Å². The first-order chi connectivity index (χ1) is 8.16. The lowest BCUT2D eigenvalue weighted by molar-refractivity contribution is -0.384. The van der Waals surface area contributed by atoms with Crippen LogP contribution in [0.2, 0.25) is 0 Å². The molecule has 0 aliphatic carbocycles. The molecule has 0 spiro atoms. The Balaban J connectivity index is 2.11. The molecule has 0 aliphatic heterocycles. The summed E-state index contributed by atoms with van der Waals surface area (Å²) >= 11 is 0. The number of hydrogen-bond donors (Lipinski definition) is 1. The van der Waals surface area contributed by atoms with Crippen molar-refractivity contribution in [2.75, 3.05) is 5.32 Å². The Kier molecular flexibility index (Phi) is 3.04. The van der Waals surface area contributed by atoms with E-state index < -0.39 is 4.92 Å². The predicted octanol–water partition coefficient (Wildman–Crippen LogP) is 1.94. The van der Waals surface area contributed by atoms with Gasteiger partial charge in [0.25, 0.3) is 5.69 Å². The maximum atomic E-state index is 10.8. The molecular weight excluding hydrogens is 220 g/mol. The van der Waals surface area contributed by atoms with Gasteiger partial charge in [0.2, 0.25) is 0 Å². The van der Waals surface area contributed by atoms with E-state index in [9.17, 15) is 10.1 Å². The molecule has 0 saturated carbocycles. The number of para-hydroxylation sites is 2. The normalized spacial score (nSPS) is 10.2. The molecule has 2 rings (SSSR count). The number of nitro groups is 1. The van der Waals surface area contributed by atoms with E-state index in [0.717, 1.165) is 5.56 Å². The lowest BCUT2D eigenvalue weighted by Crippen LogP contribution is -2.01. The number of rotatable bonds is 4. The van der Waals surface area contributed by atoms with E-state index in [1.807, 2.05) is 13.2 Å². The SMILES string of the molecule is Cn1cc(CNc2ccccc2[N+](=O)[O-])cn1. The molecule has 0 bridgehead atoms. The fraction of sp³-hybridized carbons (Fsp3) is 0.182. The van der Waals surface area contributed by atoms with Gasteiger partial charge in [-0.3, -0.25) is 14.8 Å². The molecule has 0 fully saturated rings. The highest BCUT2D eigenvalue weighted by atomic mass is 16.6. The molecule has 17 heavy (non-hydrogen) atoms. The van der Waals surface area contributed by atoms with Gasteiger partial charge in [-0.1, -0.05) is 12.1 Å². The van der Waals surface area contributed by atoms with Crippen LogP contribution in [0, 0.1) is 10.1 Å². The Bertz CT molecular complexity index is 536. The standard InChI is InChI=1S/C11H12N4O2/c1-14-8-9(7-13-14)6-12-10-4-2-3-5-11(10)15(16)17/h2-5,7-8,12H,6H2,1H3. The van der Waals surface area contributed by atoms with Crippen LogP contribution in [0.3, 0.4) is 0 Å². The molecule has 6 nitrogen and oxygen atoms in total. The molecule has 88 valence electrons. The summed E-state index contributed by atoms with van der Waals surface area (Å²) in [5, 5.41) is 17.8. The molecule has 2 aromatic rings. The van der Waals surface area contributed by atoms with Crippen LogP contribution in [0.15, 0.2) is 36.7 Å². The first-order valence-electron chi connectivity index (χ1n) is 5.11. The van der Waals surface area contributed by atoms with E-state index in [2.05, 4.69) is 10.4 Å². The van der Waals surface area contributed by atoms with Crippen LogP contribution in [0.5, 0.6) is 0 Å². The van der Waals surface area contributed by atoms with Crippen molar-refractivity contribution in [2.24, 2.45) is 7.05 Å². The Hall–Kier alpha value is -2.37. The van der Waals surface area contributed by atoms with Gasteiger partial charge in [-0.05, 0) is 6.07 Å². The van der Waals surface area contributed by atoms with Crippen LogP contribution in [-0.4, -0.2) is 14.7 Å². The van der Waals surface area contributed by atoms with E-state index in [1.165, 1.54) is 6.07 Å². The van der Waals surface area contributed by atoms with Crippen molar-refractivity contribution in [1.82, 2.24) is 9.78 Å². The zero-order valence-corrected chi connectivity index (χ0v) is 9.33. The Morgan fingerprint density at radius 1 is 1.47 bits per heavy atom. The number of nitrogens with one attached hydrogen (secondary N) is 1. The van der Waals surface area contributed by atoms with Crippen LogP contribution >= 0.6 is 0 Å². The lowest BCUT2D eigenvalue weighted by atomic mass is 10.2. The highest BCUT2D eigenvalue weighted by molar-refractivity contribution is 5.61. The van der Waals surface area contributed by atoms with Crippen molar-refractivity contribution < 1.29 is 4.92 Å². The van der Waals surface area contributed by atoms with Gasteiger partial charge in [-0.2, -0.15) is 5.10 Å². The molecule has 0 saturated heterocycles. The van der Waals surface area contributed by atoms with E-state index in [0.29, 0.717) is 12.2 Å². The quantitative estimate of drug-likeness (QED) is 0.645. The summed E-state index contributed by atoms with van der Waals surface area (Å²) in [5.74, 6) is 0. The molecule has 1 heterocycles. The lowest BCUT2D eigenvalue weighted by Gasteiger charge is -2.04. The average molecular weight is 232 g/mol. The minimum atomic E-state index is -0.397. The smallest absolute Gasteiger partial charge is 0.292 e. The molecule has 0 radical (unpaired) electrons. The molecule has 0 aliphatic rings. The summed E-state index contributed by atoms with van der Waals surface area (Å²) < 4.78 is 1.69. The monoisotopic (exact) mass is 232 g/mol. The third-order valence-electron chi connectivity index (χ3n) is 2.34. The minimum Gasteiger partial charge on any atom is -0.375 e. The predicted molar refractivity (Wildman–Crippen MR) is 63.6 cm³/mol. The van der Waals surface area contributed by atoms with Gasteiger partial charge < -0.3 is 5.32 Å². The molecule has 0 unspecified atom stereocenters. The van der Waals surface area contributed by atoms with Crippen LogP contribution in [0.4, 0.5) is 11.4 Å². The highest BCUT2D eigenvalue weighted by Gasteiger charge is 2.11. The highest BCUT2D eigenvalue weighted by Crippen LogP contribution is 2.23. The van der Waals surface area contributed by atoms with Crippen LogP contribution in [0.25, 0.3) is 0 Å². The zero-order valence-electron chi connectivity index (χ0n) is 9.33. The van der Waals surface area contributed by atoms with Gasteiger partial charge in [0.05, 0.1) is 11.1 Å². The molecule has 1 N–H and O–H groups in total. The molecule has 1 aromatic heterocycles. The van der Waals surface area contributed by atoms with Crippen LogP contribution in [0.1, 0.15) is 5.56 Å². The molecule has 0 amide bonds. The molecule has 6 heteroatoms. The Morgan fingerprint density at radius 2 is 2.24 bits per heavy atom. The second kappa shape index (κ2) is 4.65. The number of anilines is 1. The Morgan fingerprint density at radius 3 is 2.88 bits per heavy atom. The second-order valence-corrected chi connectivity index (χ2v) is 3.65. The minimum absolute atomic E-state index is 0.0800. The number of aromatic nitrogens is 2. The molecular formula is C11H12N4O2. The summed E-state index contributed by atoms with van der Waals surface area (Å²) in [6.45, 7) is 0.513. The van der Waals surface area contributed by atoms with Crippen LogP contribution in [-0.2, 0) is 13.6 Å². The van der Waals surface area contributed by atoms with Crippen molar-refractivity contribution in [3.63, 3.8) is 0 Å². The van der Waals surface area contributed by atoms with Crippen molar-refractivity contribution in [3.05, 3.63) is 52.3 Å². The van der Waals surface area contributed by atoms with Gasteiger partial charge in [0, 0.05) is 31.4 Å². The second-order valence-electron chi connectivity index (χ2n) is 3.65. The summed E-state index contributed by atoms with van der Waals surface area (Å²) in [4.78, 5) is 10.4. The maximum Gasteiger partial charge on any atom is 0.292 e. The first-order valence-corrected chi connectivity index (χ1v) is 5.11. The number of benzene rings is 1. The van der Waals surface area contributed by atoms with Crippen molar-refractivity contribution in [1.29, 1.82) is 0 Å². The fourth-order valence-corrected chi connectivity index (χ4v) is 1.54. The number of hydrogen-bond acceptors (Lipinski definition) is 4. The van der Waals surface area contributed by atoms with Crippen LogP contribution < -0.4 is 5.32 Å². The van der Waals surface area contributed by atoms with E-state index >= 15 is 0 Å². The third-order valence-corrected chi connectivity index (χ3v) is 2.34. The van der Waals surface area contributed by atoms with Gasteiger partial charge >= 0.3 is 0 Å². The third kappa shape index (κ3) is 2.60. The molecule has 0 atom stereocenters. The van der Waals surface area contributed by atoms with E-state index in [-0.39, 0.29) is 5.69 Å². The topological polar surface area (TPSA) is 73.0 Å². The van der Waals surface area contributed by atoms with Crippen molar-refractivity contribution >= 4 is 11.4 Å². The average Bonchev–Trinajstić information content (AvgIpc) is 2.73. The van der Waals surface area contributed by atoms with E-state index in [1.54, 1.807) is 29.1 Å². The number of nitrogens with zero attached hydrogens (tertiary/aromatic N) is 3. The summed E-state index contributed by atoms with van der Waals surface area (Å²) in [7, 11) is 1.83.